The zero-order valence-electron chi connectivity index (χ0n) is 15.4. The fourth-order valence-electron chi connectivity index (χ4n) is 5.25. The van der Waals surface area contributed by atoms with Crippen LogP contribution in [-0.2, 0) is 9.53 Å². The summed E-state index contributed by atoms with van der Waals surface area (Å²) < 4.78 is 6.05. The van der Waals surface area contributed by atoms with Crippen molar-refractivity contribution in [2.45, 2.75) is 77.4 Å². The standard InChI is InChI=1S/C19H34N2O2.ClH/c1-3-13-21(18(22)15-7-11-20-12-8-15)16-14-17(23-4-2)19(16)9-5-6-10-19;/h15-17,20H,3-14H2,1-2H3;1H. The van der Waals surface area contributed by atoms with Crippen molar-refractivity contribution in [3.8, 4) is 0 Å². The van der Waals surface area contributed by atoms with Crippen LogP contribution in [0.15, 0.2) is 0 Å². The summed E-state index contributed by atoms with van der Waals surface area (Å²) in [6, 6.07) is 0.434. The van der Waals surface area contributed by atoms with Crippen LogP contribution in [0, 0.1) is 11.3 Å². The molecular weight excluding hydrogens is 324 g/mol. The van der Waals surface area contributed by atoms with Crippen molar-refractivity contribution in [3.63, 3.8) is 0 Å². The summed E-state index contributed by atoms with van der Waals surface area (Å²) in [5.41, 5.74) is 0.272. The molecule has 1 aliphatic heterocycles. The Balaban J connectivity index is 0.00000208. The Morgan fingerprint density at radius 1 is 1.21 bits per heavy atom. The molecule has 2 unspecified atom stereocenters. The van der Waals surface area contributed by atoms with Gasteiger partial charge >= 0.3 is 0 Å². The summed E-state index contributed by atoms with van der Waals surface area (Å²) in [5.74, 6) is 0.673. The van der Waals surface area contributed by atoms with Crippen molar-refractivity contribution in [3.05, 3.63) is 0 Å². The number of carbonyl (C=O) groups is 1. The molecule has 1 heterocycles. The summed E-state index contributed by atoms with van der Waals surface area (Å²) in [6.07, 6.45) is 9.64. The lowest BCUT2D eigenvalue weighted by Gasteiger charge is -2.58. The molecule has 2 saturated carbocycles. The molecule has 0 aromatic carbocycles. The molecule has 3 rings (SSSR count). The summed E-state index contributed by atoms with van der Waals surface area (Å²) in [4.78, 5) is 15.5. The van der Waals surface area contributed by atoms with Gasteiger partial charge < -0.3 is 15.0 Å². The van der Waals surface area contributed by atoms with Crippen LogP contribution in [0.2, 0.25) is 0 Å². The Labute approximate surface area is 153 Å². The molecule has 1 saturated heterocycles. The number of hydrogen-bond acceptors (Lipinski definition) is 3. The van der Waals surface area contributed by atoms with Crippen LogP contribution in [0.4, 0.5) is 0 Å². The Bertz CT molecular complexity index is 406. The second kappa shape index (κ2) is 8.86. The van der Waals surface area contributed by atoms with Gasteiger partial charge in [0.2, 0.25) is 5.91 Å². The van der Waals surface area contributed by atoms with Gasteiger partial charge in [-0.15, -0.1) is 12.4 Å². The third-order valence-electron chi connectivity index (χ3n) is 6.46. The fraction of sp³-hybridized carbons (Fsp3) is 0.947. The lowest BCUT2D eigenvalue weighted by Crippen LogP contribution is -2.65. The van der Waals surface area contributed by atoms with Gasteiger partial charge in [0.05, 0.1) is 6.10 Å². The van der Waals surface area contributed by atoms with E-state index in [1.165, 1.54) is 25.7 Å². The van der Waals surface area contributed by atoms with E-state index < -0.39 is 0 Å². The minimum absolute atomic E-state index is 0. The Kier molecular flexibility index (Phi) is 7.39. The number of halogens is 1. The summed E-state index contributed by atoms with van der Waals surface area (Å²) >= 11 is 0. The first-order chi connectivity index (χ1) is 11.2. The van der Waals surface area contributed by atoms with Gasteiger partial charge in [-0.1, -0.05) is 19.8 Å². The number of nitrogens with zero attached hydrogens (tertiary/aromatic N) is 1. The Morgan fingerprint density at radius 3 is 2.46 bits per heavy atom. The Hall–Kier alpha value is -0.320. The van der Waals surface area contributed by atoms with E-state index in [1.807, 2.05) is 0 Å². The zero-order chi connectivity index (χ0) is 16.3. The van der Waals surface area contributed by atoms with Gasteiger partial charge in [0.25, 0.3) is 0 Å². The van der Waals surface area contributed by atoms with Gasteiger partial charge in [0, 0.05) is 30.5 Å². The van der Waals surface area contributed by atoms with Crippen LogP contribution >= 0.6 is 12.4 Å². The quantitative estimate of drug-likeness (QED) is 0.791. The van der Waals surface area contributed by atoms with Gasteiger partial charge in [-0.25, -0.2) is 0 Å². The highest BCUT2D eigenvalue weighted by molar-refractivity contribution is 5.85. The molecular formula is C19H35ClN2O2. The minimum atomic E-state index is 0. The molecule has 0 aromatic rings. The molecule has 2 atom stereocenters. The molecule has 140 valence electrons. The summed E-state index contributed by atoms with van der Waals surface area (Å²) in [5, 5.41) is 3.38. The molecule has 1 N–H and O–H groups in total. The van der Waals surface area contributed by atoms with E-state index in [0.29, 0.717) is 18.1 Å². The van der Waals surface area contributed by atoms with E-state index in [2.05, 4.69) is 24.1 Å². The fourth-order valence-corrected chi connectivity index (χ4v) is 5.25. The van der Waals surface area contributed by atoms with Crippen molar-refractivity contribution in [1.29, 1.82) is 0 Å². The van der Waals surface area contributed by atoms with Crippen molar-refractivity contribution in [2.24, 2.45) is 11.3 Å². The van der Waals surface area contributed by atoms with Crippen molar-refractivity contribution < 1.29 is 9.53 Å². The number of piperidine rings is 1. The number of rotatable bonds is 6. The van der Waals surface area contributed by atoms with E-state index in [0.717, 1.165) is 51.9 Å². The largest absolute Gasteiger partial charge is 0.378 e. The van der Waals surface area contributed by atoms with E-state index >= 15 is 0 Å². The number of ether oxygens (including phenoxy) is 1. The highest BCUT2D eigenvalue weighted by Crippen LogP contribution is 2.57. The van der Waals surface area contributed by atoms with E-state index in [4.69, 9.17) is 4.74 Å². The molecule has 1 spiro atoms. The maximum atomic E-state index is 13.2. The summed E-state index contributed by atoms with van der Waals surface area (Å²) in [7, 11) is 0. The molecule has 5 heteroatoms. The van der Waals surface area contributed by atoms with Gasteiger partial charge in [0.1, 0.15) is 0 Å². The van der Waals surface area contributed by atoms with Gasteiger partial charge in [-0.05, 0) is 58.5 Å². The van der Waals surface area contributed by atoms with Crippen LogP contribution in [0.25, 0.3) is 0 Å². The first-order valence-electron chi connectivity index (χ1n) is 9.85. The van der Waals surface area contributed by atoms with E-state index in [-0.39, 0.29) is 23.7 Å². The second-order valence-electron chi connectivity index (χ2n) is 7.69. The summed E-state index contributed by atoms with van der Waals surface area (Å²) in [6.45, 7) is 8.01. The number of hydrogen-bond donors (Lipinski definition) is 1. The maximum Gasteiger partial charge on any atom is 0.226 e. The number of nitrogens with one attached hydrogen (secondary N) is 1. The molecule has 1 amide bonds. The van der Waals surface area contributed by atoms with Gasteiger partial charge in [-0.3, -0.25) is 4.79 Å². The third-order valence-corrected chi connectivity index (χ3v) is 6.46. The number of carbonyl (C=O) groups excluding carboxylic acids is 1. The normalized spacial score (nSPS) is 29.1. The highest BCUT2D eigenvalue weighted by atomic mass is 35.5. The van der Waals surface area contributed by atoms with Crippen LogP contribution in [0.1, 0.15) is 65.2 Å². The maximum absolute atomic E-state index is 13.2. The van der Waals surface area contributed by atoms with Crippen molar-refractivity contribution in [1.82, 2.24) is 10.2 Å². The lowest BCUT2D eigenvalue weighted by atomic mass is 9.59. The second-order valence-corrected chi connectivity index (χ2v) is 7.69. The lowest BCUT2D eigenvalue weighted by molar-refractivity contribution is -0.179. The van der Waals surface area contributed by atoms with Crippen molar-refractivity contribution in [2.75, 3.05) is 26.2 Å². The van der Waals surface area contributed by atoms with Crippen LogP contribution in [0.3, 0.4) is 0 Å². The predicted molar refractivity (Wildman–Crippen MR) is 99.6 cm³/mol. The first-order valence-corrected chi connectivity index (χ1v) is 9.85. The average Bonchev–Trinajstić information content (AvgIpc) is 3.10. The molecule has 0 aromatic heterocycles. The van der Waals surface area contributed by atoms with Crippen LogP contribution < -0.4 is 5.32 Å². The topological polar surface area (TPSA) is 41.6 Å². The van der Waals surface area contributed by atoms with Crippen LogP contribution in [0.5, 0.6) is 0 Å². The zero-order valence-corrected chi connectivity index (χ0v) is 16.2. The minimum Gasteiger partial charge on any atom is -0.378 e. The third kappa shape index (κ3) is 3.61. The van der Waals surface area contributed by atoms with E-state index in [1.54, 1.807) is 0 Å². The van der Waals surface area contributed by atoms with Gasteiger partial charge in [-0.2, -0.15) is 0 Å². The molecule has 0 radical (unpaired) electrons. The molecule has 0 bridgehead atoms. The Morgan fingerprint density at radius 2 is 1.88 bits per heavy atom. The average molecular weight is 359 g/mol. The van der Waals surface area contributed by atoms with Gasteiger partial charge in [0.15, 0.2) is 0 Å². The van der Waals surface area contributed by atoms with Crippen LogP contribution in [-0.4, -0.2) is 49.2 Å². The van der Waals surface area contributed by atoms with Crippen molar-refractivity contribution >= 4 is 18.3 Å². The molecule has 4 nitrogen and oxygen atoms in total. The predicted octanol–water partition coefficient (Wildman–Crippen LogP) is 3.38. The SMILES string of the molecule is CCCN(C(=O)C1CCNCC1)C1CC(OCC)C12CCCC2.Cl. The highest BCUT2D eigenvalue weighted by Gasteiger charge is 2.59. The van der Waals surface area contributed by atoms with E-state index in [9.17, 15) is 4.79 Å². The number of amides is 1. The molecule has 24 heavy (non-hydrogen) atoms. The smallest absolute Gasteiger partial charge is 0.226 e. The first kappa shape index (κ1) is 20.0. The molecule has 3 fully saturated rings. The molecule has 2 aliphatic carbocycles. The molecule has 3 aliphatic rings. The monoisotopic (exact) mass is 358 g/mol.